The number of carbonyl (C=O) groups excluding carboxylic acids is 2. The quantitative estimate of drug-likeness (QED) is 0.796. The molecule has 1 saturated heterocycles. The van der Waals surface area contributed by atoms with Crippen molar-refractivity contribution >= 4 is 22.6 Å². The fraction of sp³-hybridized carbons (Fsp3) is 0.389. The number of hydrogen-bond acceptors (Lipinski definition) is 5. The van der Waals surface area contributed by atoms with Crippen molar-refractivity contribution in [3.05, 3.63) is 29.7 Å². The number of aromatic nitrogens is 1. The number of rotatable bonds is 6. The number of methoxy groups -OCH3 is 1. The first-order chi connectivity index (χ1) is 12.9. The number of carbonyl (C=O) groups is 2. The number of nitrogens with zero attached hydrogens (tertiary/aromatic N) is 1. The van der Waals surface area contributed by atoms with E-state index in [9.17, 15) is 18.4 Å². The molecule has 0 spiro atoms. The van der Waals surface area contributed by atoms with E-state index < -0.39 is 35.8 Å². The summed E-state index contributed by atoms with van der Waals surface area (Å²) in [6.45, 7) is 1.75. The van der Waals surface area contributed by atoms with Crippen LogP contribution in [0.2, 0.25) is 0 Å². The summed E-state index contributed by atoms with van der Waals surface area (Å²) in [4.78, 5) is 27.0. The zero-order chi connectivity index (χ0) is 19.7. The Hall–Kier alpha value is -2.97. The summed E-state index contributed by atoms with van der Waals surface area (Å²) in [5.74, 6) is -2.38. The predicted molar refractivity (Wildman–Crippen MR) is 92.9 cm³/mol. The van der Waals surface area contributed by atoms with Crippen molar-refractivity contribution in [2.45, 2.75) is 25.6 Å². The predicted octanol–water partition coefficient (Wildman–Crippen LogP) is 1.72. The zero-order valence-corrected chi connectivity index (χ0v) is 14.8. The molecule has 27 heavy (non-hydrogen) atoms. The first kappa shape index (κ1) is 18.8. The van der Waals surface area contributed by atoms with E-state index in [1.165, 1.54) is 19.2 Å². The SMILES string of the molecule is CCC1[C@H](F)C(=O)N[C@@H]1COc1ncc(F)c2cc(C(N)=O)c(OC)cc12. The first-order valence-electron chi connectivity index (χ1n) is 8.40. The molecule has 3 atom stereocenters. The molecule has 2 heterocycles. The molecule has 0 bridgehead atoms. The summed E-state index contributed by atoms with van der Waals surface area (Å²) < 4.78 is 38.9. The number of halogens is 2. The Morgan fingerprint density at radius 1 is 1.37 bits per heavy atom. The highest BCUT2D eigenvalue weighted by molar-refractivity contribution is 6.01. The fourth-order valence-corrected chi connectivity index (χ4v) is 3.28. The average molecular weight is 379 g/mol. The van der Waals surface area contributed by atoms with E-state index in [4.69, 9.17) is 15.2 Å². The number of nitrogens with one attached hydrogen (secondary N) is 1. The number of pyridine rings is 1. The molecule has 0 saturated carbocycles. The summed E-state index contributed by atoms with van der Waals surface area (Å²) in [6.07, 6.45) is -0.168. The molecule has 9 heteroatoms. The van der Waals surface area contributed by atoms with Crippen molar-refractivity contribution in [3.63, 3.8) is 0 Å². The highest BCUT2D eigenvalue weighted by Gasteiger charge is 2.41. The van der Waals surface area contributed by atoms with Gasteiger partial charge in [0.1, 0.15) is 18.2 Å². The summed E-state index contributed by atoms with van der Waals surface area (Å²) in [7, 11) is 1.35. The average Bonchev–Trinajstić information content (AvgIpc) is 2.93. The van der Waals surface area contributed by atoms with Crippen molar-refractivity contribution in [3.8, 4) is 11.6 Å². The molecular weight excluding hydrogens is 360 g/mol. The molecule has 3 N–H and O–H groups in total. The van der Waals surface area contributed by atoms with Crippen molar-refractivity contribution in [2.75, 3.05) is 13.7 Å². The van der Waals surface area contributed by atoms with Gasteiger partial charge in [-0.1, -0.05) is 6.92 Å². The first-order valence-corrected chi connectivity index (χ1v) is 8.40. The van der Waals surface area contributed by atoms with Crippen LogP contribution in [0, 0.1) is 11.7 Å². The molecule has 0 radical (unpaired) electrons. The Morgan fingerprint density at radius 3 is 2.74 bits per heavy atom. The molecule has 144 valence electrons. The molecule has 0 aliphatic carbocycles. The molecule has 1 aliphatic heterocycles. The van der Waals surface area contributed by atoms with Crippen LogP contribution < -0.4 is 20.5 Å². The largest absolute Gasteiger partial charge is 0.496 e. The molecule has 2 aromatic rings. The minimum Gasteiger partial charge on any atom is -0.496 e. The molecule has 1 fully saturated rings. The maximum absolute atomic E-state index is 14.2. The van der Waals surface area contributed by atoms with Crippen LogP contribution in [0.25, 0.3) is 10.8 Å². The monoisotopic (exact) mass is 379 g/mol. The van der Waals surface area contributed by atoms with Gasteiger partial charge in [0, 0.05) is 11.3 Å². The van der Waals surface area contributed by atoms with Crippen LogP contribution in [0.4, 0.5) is 8.78 Å². The van der Waals surface area contributed by atoms with Gasteiger partial charge in [-0.25, -0.2) is 13.8 Å². The molecule has 1 aliphatic rings. The number of alkyl halides is 1. The highest BCUT2D eigenvalue weighted by atomic mass is 19.1. The minimum absolute atomic E-state index is 0.0235. The third-order valence-corrected chi connectivity index (χ3v) is 4.73. The Labute approximate surface area is 153 Å². The molecule has 3 rings (SSSR count). The maximum Gasteiger partial charge on any atom is 0.255 e. The zero-order valence-electron chi connectivity index (χ0n) is 14.8. The number of ether oxygens (including phenoxy) is 2. The lowest BCUT2D eigenvalue weighted by molar-refractivity contribution is -0.123. The molecule has 1 aromatic carbocycles. The van der Waals surface area contributed by atoms with E-state index >= 15 is 0 Å². The van der Waals surface area contributed by atoms with Crippen LogP contribution in [-0.4, -0.2) is 42.7 Å². The minimum atomic E-state index is -1.58. The van der Waals surface area contributed by atoms with Gasteiger partial charge in [-0.3, -0.25) is 9.59 Å². The van der Waals surface area contributed by atoms with Gasteiger partial charge in [-0.05, 0) is 18.6 Å². The molecule has 1 aromatic heterocycles. The Morgan fingerprint density at radius 2 is 2.11 bits per heavy atom. The van der Waals surface area contributed by atoms with Crippen molar-refractivity contribution in [1.82, 2.24) is 10.3 Å². The molecule has 7 nitrogen and oxygen atoms in total. The van der Waals surface area contributed by atoms with Gasteiger partial charge in [-0.15, -0.1) is 0 Å². The topological polar surface area (TPSA) is 104 Å². The van der Waals surface area contributed by atoms with Crippen LogP contribution in [0.1, 0.15) is 23.7 Å². The maximum atomic E-state index is 14.2. The van der Waals surface area contributed by atoms with E-state index in [0.717, 1.165) is 6.20 Å². The van der Waals surface area contributed by atoms with E-state index in [-0.39, 0.29) is 34.6 Å². The lowest BCUT2D eigenvalue weighted by Gasteiger charge is -2.19. The van der Waals surface area contributed by atoms with Crippen molar-refractivity contribution in [2.24, 2.45) is 11.7 Å². The van der Waals surface area contributed by atoms with Crippen LogP contribution in [0.15, 0.2) is 18.3 Å². The summed E-state index contributed by atoms with van der Waals surface area (Å²) in [5.41, 5.74) is 5.33. The highest BCUT2D eigenvalue weighted by Crippen LogP contribution is 2.33. The standard InChI is InChI=1S/C18H19F2N3O4/c1-3-8-13(23-17(25)15(8)20)7-27-18-10-5-14(26-2)11(16(21)24)4-9(10)12(19)6-22-18/h4-6,8,13,15H,3,7H2,1-2H3,(H2,21,24)(H,23,25)/t8?,13-,15+/m1/s1. The van der Waals surface area contributed by atoms with E-state index in [1.54, 1.807) is 6.92 Å². The van der Waals surface area contributed by atoms with Crippen LogP contribution in [0.3, 0.4) is 0 Å². The second kappa shape index (κ2) is 7.34. The number of fused-ring (bicyclic) bond motifs is 1. The number of amides is 2. The normalized spacial score (nSPS) is 21.9. The van der Waals surface area contributed by atoms with Crippen molar-refractivity contribution in [1.29, 1.82) is 0 Å². The summed E-state index contributed by atoms with van der Waals surface area (Å²) in [6, 6.07) is 2.15. The summed E-state index contributed by atoms with van der Waals surface area (Å²) >= 11 is 0. The number of primary amides is 1. The number of hydrogen-bond donors (Lipinski definition) is 2. The van der Waals surface area contributed by atoms with Crippen LogP contribution in [-0.2, 0) is 4.79 Å². The van der Waals surface area contributed by atoms with Gasteiger partial charge in [0.05, 0.1) is 30.3 Å². The number of benzene rings is 1. The van der Waals surface area contributed by atoms with Crippen LogP contribution in [0.5, 0.6) is 11.6 Å². The van der Waals surface area contributed by atoms with Crippen molar-refractivity contribution < 1.29 is 27.8 Å². The molecule has 2 amide bonds. The lowest BCUT2D eigenvalue weighted by atomic mass is 9.97. The Balaban J connectivity index is 1.94. The molecule has 1 unspecified atom stereocenters. The third-order valence-electron chi connectivity index (χ3n) is 4.73. The van der Waals surface area contributed by atoms with Crippen LogP contribution >= 0.6 is 0 Å². The van der Waals surface area contributed by atoms with Gasteiger partial charge in [0.2, 0.25) is 5.88 Å². The van der Waals surface area contributed by atoms with E-state index in [1.807, 2.05) is 0 Å². The van der Waals surface area contributed by atoms with Gasteiger partial charge >= 0.3 is 0 Å². The second-order valence-corrected chi connectivity index (χ2v) is 6.27. The van der Waals surface area contributed by atoms with E-state index in [2.05, 4.69) is 10.3 Å². The van der Waals surface area contributed by atoms with Gasteiger partial charge in [0.15, 0.2) is 6.17 Å². The van der Waals surface area contributed by atoms with Gasteiger partial charge in [0.25, 0.3) is 11.8 Å². The Kier molecular flexibility index (Phi) is 5.11. The Bertz CT molecular complexity index is 906. The smallest absolute Gasteiger partial charge is 0.255 e. The van der Waals surface area contributed by atoms with Gasteiger partial charge < -0.3 is 20.5 Å². The number of nitrogens with two attached hydrogens (primary N) is 1. The lowest BCUT2D eigenvalue weighted by Crippen LogP contribution is -2.34. The molecular formula is C18H19F2N3O4. The second-order valence-electron chi connectivity index (χ2n) is 6.27. The third kappa shape index (κ3) is 3.36. The van der Waals surface area contributed by atoms with Gasteiger partial charge in [-0.2, -0.15) is 0 Å². The summed E-state index contributed by atoms with van der Waals surface area (Å²) in [5, 5.41) is 2.91. The fourth-order valence-electron chi connectivity index (χ4n) is 3.28. The van der Waals surface area contributed by atoms with E-state index in [0.29, 0.717) is 6.42 Å².